The molecule has 1 rings (SSSR count). The lowest BCUT2D eigenvalue weighted by Crippen LogP contribution is -2.44. The van der Waals surface area contributed by atoms with Gasteiger partial charge in [-0.25, -0.2) is 0 Å². The average Bonchev–Trinajstić information content (AvgIpc) is 1.90. The van der Waals surface area contributed by atoms with Gasteiger partial charge in [0.1, 0.15) is 0 Å². The van der Waals surface area contributed by atoms with E-state index < -0.39 is 0 Å². The van der Waals surface area contributed by atoms with Gasteiger partial charge in [0.2, 0.25) is 0 Å². The van der Waals surface area contributed by atoms with E-state index in [-0.39, 0.29) is 5.60 Å². The molecule has 9 heavy (non-hydrogen) atoms. The van der Waals surface area contributed by atoms with Gasteiger partial charge in [0.05, 0.1) is 5.60 Å². The van der Waals surface area contributed by atoms with Gasteiger partial charge in [-0.3, -0.25) is 0 Å². The smallest absolute Gasteiger partial charge is 0.0775 e. The van der Waals surface area contributed by atoms with E-state index in [1.807, 2.05) is 0 Å². The summed E-state index contributed by atoms with van der Waals surface area (Å²) in [5.74, 6) is 0. The van der Waals surface area contributed by atoms with Gasteiger partial charge in [0.25, 0.3) is 0 Å². The van der Waals surface area contributed by atoms with Crippen LogP contribution in [0.25, 0.3) is 0 Å². The van der Waals surface area contributed by atoms with E-state index in [0.717, 1.165) is 13.1 Å². The van der Waals surface area contributed by atoms with Crippen molar-refractivity contribution in [1.82, 2.24) is 5.32 Å². The molecule has 2 heteroatoms. The maximum absolute atomic E-state index is 5.32. The summed E-state index contributed by atoms with van der Waals surface area (Å²) in [4.78, 5) is 0. The first-order valence-corrected chi connectivity index (χ1v) is 3.53. The summed E-state index contributed by atoms with van der Waals surface area (Å²) in [5.41, 5.74) is 0.109. The molecular weight excluding hydrogens is 114 g/mol. The lowest BCUT2D eigenvalue weighted by molar-refractivity contribution is -0.0123. The molecule has 1 heterocycles. The van der Waals surface area contributed by atoms with Crippen LogP contribution in [0, 0.1) is 0 Å². The SMILES string of the molecule is COC1(C)CCCNC1. The second kappa shape index (κ2) is 2.67. The minimum Gasteiger partial charge on any atom is -0.377 e. The van der Waals surface area contributed by atoms with Crippen molar-refractivity contribution >= 4 is 0 Å². The summed E-state index contributed by atoms with van der Waals surface area (Å²) in [5, 5.41) is 3.30. The largest absolute Gasteiger partial charge is 0.377 e. The summed E-state index contributed by atoms with van der Waals surface area (Å²) < 4.78 is 5.32. The molecule has 0 radical (unpaired) electrons. The highest BCUT2D eigenvalue weighted by Crippen LogP contribution is 2.17. The second-order valence-corrected chi connectivity index (χ2v) is 2.93. The maximum Gasteiger partial charge on any atom is 0.0775 e. The molecule has 1 aliphatic heterocycles. The van der Waals surface area contributed by atoms with Crippen LogP contribution in [0.4, 0.5) is 0 Å². The lowest BCUT2D eigenvalue weighted by atomic mass is 9.97. The van der Waals surface area contributed by atoms with E-state index in [0.29, 0.717) is 0 Å². The van der Waals surface area contributed by atoms with Gasteiger partial charge >= 0.3 is 0 Å². The van der Waals surface area contributed by atoms with E-state index in [1.165, 1.54) is 12.8 Å². The molecule has 1 saturated heterocycles. The quantitative estimate of drug-likeness (QED) is 0.564. The standard InChI is InChI=1S/C7H15NO/c1-7(9-2)4-3-5-8-6-7/h8H,3-6H2,1-2H3. The fourth-order valence-electron chi connectivity index (χ4n) is 1.20. The van der Waals surface area contributed by atoms with Gasteiger partial charge in [-0.05, 0) is 26.3 Å². The van der Waals surface area contributed by atoms with E-state index in [2.05, 4.69) is 12.2 Å². The zero-order valence-electron chi connectivity index (χ0n) is 6.24. The fourth-order valence-corrected chi connectivity index (χ4v) is 1.20. The van der Waals surface area contributed by atoms with Crippen LogP contribution >= 0.6 is 0 Å². The molecule has 0 saturated carbocycles. The summed E-state index contributed by atoms with van der Waals surface area (Å²) in [6.07, 6.45) is 2.43. The van der Waals surface area contributed by atoms with Gasteiger partial charge in [0.15, 0.2) is 0 Å². The monoisotopic (exact) mass is 129 g/mol. The zero-order chi connectivity index (χ0) is 6.74. The number of piperidine rings is 1. The molecule has 0 spiro atoms. The highest BCUT2D eigenvalue weighted by atomic mass is 16.5. The Bertz CT molecular complexity index is 86.9. The maximum atomic E-state index is 5.32. The van der Waals surface area contributed by atoms with E-state index in [1.54, 1.807) is 7.11 Å². The Kier molecular flexibility index (Phi) is 2.09. The molecule has 1 atom stereocenters. The van der Waals surface area contributed by atoms with Gasteiger partial charge < -0.3 is 10.1 Å². The van der Waals surface area contributed by atoms with Crippen molar-refractivity contribution in [3.63, 3.8) is 0 Å². The van der Waals surface area contributed by atoms with Crippen molar-refractivity contribution in [2.24, 2.45) is 0 Å². The Labute approximate surface area is 56.6 Å². The number of hydrogen-bond acceptors (Lipinski definition) is 2. The average molecular weight is 129 g/mol. The highest BCUT2D eigenvalue weighted by Gasteiger charge is 2.25. The van der Waals surface area contributed by atoms with Gasteiger partial charge in [-0.2, -0.15) is 0 Å². The number of hydrogen-bond donors (Lipinski definition) is 1. The third kappa shape index (κ3) is 1.66. The van der Waals surface area contributed by atoms with Crippen LogP contribution in [0.2, 0.25) is 0 Å². The molecule has 0 aliphatic carbocycles. The minimum absolute atomic E-state index is 0.109. The highest BCUT2D eigenvalue weighted by molar-refractivity contribution is 4.81. The van der Waals surface area contributed by atoms with Crippen molar-refractivity contribution in [1.29, 1.82) is 0 Å². The second-order valence-electron chi connectivity index (χ2n) is 2.93. The van der Waals surface area contributed by atoms with E-state index in [4.69, 9.17) is 4.74 Å². The molecule has 1 fully saturated rings. The van der Waals surface area contributed by atoms with E-state index in [9.17, 15) is 0 Å². The van der Waals surface area contributed by atoms with Crippen molar-refractivity contribution in [3.05, 3.63) is 0 Å². The Hall–Kier alpha value is -0.0800. The molecule has 0 amide bonds. The number of methoxy groups -OCH3 is 1. The Morgan fingerprint density at radius 1 is 1.56 bits per heavy atom. The zero-order valence-corrected chi connectivity index (χ0v) is 6.24. The summed E-state index contributed by atoms with van der Waals surface area (Å²) in [6, 6.07) is 0. The molecule has 0 aromatic rings. The fraction of sp³-hybridized carbons (Fsp3) is 1.00. The molecule has 54 valence electrons. The minimum atomic E-state index is 0.109. The van der Waals surface area contributed by atoms with Crippen LogP contribution in [-0.4, -0.2) is 25.8 Å². The van der Waals surface area contributed by atoms with Crippen LogP contribution in [0.3, 0.4) is 0 Å². The topological polar surface area (TPSA) is 21.3 Å². The Morgan fingerprint density at radius 2 is 2.33 bits per heavy atom. The molecule has 2 nitrogen and oxygen atoms in total. The van der Waals surface area contributed by atoms with E-state index >= 15 is 0 Å². The Balaban J connectivity index is 2.37. The summed E-state index contributed by atoms with van der Waals surface area (Å²) in [7, 11) is 1.78. The number of ether oxygens (including phenoxy) is 1. The van der Waals surface area contributed by atoms with Gasteiger partial charge in [-0.15, -0.1) is 0 Å². The molecular formula is C7H15NO. The molecule has 0 bridgehead atoms. The molecule has 1 aliphatic rings. The molecule has 0 aromatic heterocycles. The lowest BCUT2D eigenvalue weighted by Gasteiger charge is -2.32. The van der Waals surface area contributed by atoms with Crippen LogP contribution in [-0.2, 0) is 4.74 Å². The first-order valence-electron chi connectivity index (χ1n) is 3.53. The molecule has 0 aromatic carbocycles. The first kappa shape index (κ1) is 7.03. The van der Waals surface area contributed by atoms with Gasteiger partial charge in [-0.1, -0.05) is 0 Å². The van der Waals surface area contributed by atoms with Crippen LogP contribution < -0.4 is 5.32 Å². The van der Waals surface area contributed by atoms with Crippen LogP contribution in [0.1, 0.15) is 19.8 Å². The Morgan fingerprint density at radius 3 is 2.67 bits per heavy atom. The summed E-state index contributed by atoms with van der Waals surface area (Å²) >= 11 is 0. The molecule has 1 unspecified atom stereocenters. The predicted octanol–water partition coefficient (Wildman–Crippen LogP) is 0.775. The third-order valence-corrected chi connectivity index (χ3v) is 2.05. The first-order chi connectivity index (χ1) is 4.27. The normalized spacial score (nSPS) is 36.7. The van der Waals surface area contributed by atoms with Gasteiger partial charge in [0, 0.05) is 13.7 Å². The van der Waals surface area contributed by atoms with Crippen molar-refractivity contribution in [2.75, 3.05) is 20.2 Å². The molecule has 1 N–H and O–H groups in total. The van der Waals surface area contributed by atoms with Crippen molar-refractivity contribution < 1.29 is 4.74 Å². The number of nitrogens with one attached hydrogen (secondary N) is 1. The summed E-state index contributed by atoms with van der Waals surface area (Å²) in [6.45, 7) is 4.31. The van der Waals surface area contributed by atoms with Crippen molar-refractivity contribution in [2.45, 2.75) is 25.4 Å². The predicted molar refractivity (Wildman–Crippen MR) is 37.5 cm³/mol. The number of rotatable bonds is 1. The third-order valence-electron chi connectivity index (χ3n) is 2.05. The van der Waals surface area contributed by atoms with Crippen LogP contribution in [0.5, 0.6) is 0 Å². The van der Waals surface area contributed by atoms with Crippen molar-refractivity contribution in [3.8, 4) is 0 Å². The van der Waals surface area contributed by atoms with Crippen LogP contribution in [0.15, 0.2) is 0 Å².